The lowest BCUT2D eigenvalue weighted by Crippen LogP contribution is -2.30. The maximum absolute atomic E-state index is 12.7. The monoisotopic (exact) mass is 765 g/mol. The summed E-state index contributed by atoms with van der Waals surface area (Å²) in [5.41, 5.74) is 0. The quantitative estimate of drug-likeness (QED) is 0.0349. The van der Waals surface area contributed by atoms with E-state index in [9.17, 15) is 14.4 Å². The van der Waals surface area contributed by atoms with E-state index in [2.05, 4.69) is 27.7 Å². The molecule has 0 aliphatic carbocycles. The molecule has 1 atom stereocenters. The third-order valence-corrected chi connectivity index (χ3v) is 10.8. The number of hydrogen-bond acceptors (Lipinski definition) is 6. The molecule has 6 nitrogen and oxygen atoms in total. The topological polar surface area (TPSA) is 78.9 Å². The maximum Gasteiger partial charge on any atom is 0.306 e. The van der Waals surface area contributed by atoms with Crippen molar-refractivity contribution in [2.24, 2.45) is 5.92 Å². The molecule has 320 valence electrons. The maximum atomic E-state index is 12.7. The molecule has 0 amide bonds. The van der Waals surface area contributed by atoms with Crippen molar-refractivity contribution in [3.05, 3.63) is 0 Å². The Kier molecular flexibility index (Phi) is 41.3. The number of ether oxygens (including phenoxy) is 3. The first kappa shape index (κ1) is 52.4. The second-order valence-electron chi connectivity index (χ2n) is 16.9. The van der Waals surface area contributed by atoms with Crippen molar-refractivity contribution < 1.29 is 28.6 Å². The van der Waals surface area contributed by atoms with E-state index < -0.39 is 6.10 Å². The molecule has 0 N–H and O–H groups in total. The Morgan fingerprint density at radius 1 is 0.352 bits per heavy atom. The molecule has 6 heteroatoms. The molecule has 54 heavy (non-hydrogen) atoms. The van der Waals surface area contributed by atoms with Crippen LogP contribution in [0.3, 0.4) is 0 Å². The van der Waals surface area contributed by atoms with Crippen LogP contribution in [0.2, 0.25) is 0 Å². The summed E-state index contributed by atoms with van der Waals surface area (Å²) in [7, 11) is 0. The Hall–Kier alpha value is -1.59. The first-order chi connectivity index (χ1) is 26.4. The largest absolute Gasteiger partial charge is 0.462 e. The average Bonchev–Trinajstić information content (AvgIpc) is 3.15. The lowest BCUT2D eigenvalue weighted by Gasteiger charge is -2.18. The number of rotatable bonds is 43. The van der Waals surface area contributed by atoms with Crippen molar-refractivity contribution >= 4 is 17.9 Å². The summed E-state index contributed by atoms with van der Waals surface area (Å²) < 4.78 is 16.7. The summed E-state index contributed by atoms with van der Waals surface area (Å²) in [6.45, 7) is 8.93. The summed E-state index contributed by atoms with van der Waals surface area (Å²) in [6.07, 6.45) is 42.4. The first-order valence-corrected chi connectivity index (χ1v) is 23.9. The second-order valence-corrected chi connectivity index (χ2v) is 16.9. The molecule has 0 rings (SSSR count). The minimum atomic E-state index is -0.759. The van der Waals surface area contributed by atoms with Gasteiger partial charge >= 0.3 is 17.9 Å². The van der Waals surface area contributed by atoms with E-state index in [4.69, 9.17) is 14.2 Å². The van der Waals surface area contributed by atoms with Crippen LogP contribution < -0.4 is 0 Å². The zero-order valence-electron chi connectivity index (χ0n) is 36.7. The van der Waals surface area contributed by atoms with Crippen LogP contribution in [0.25, 0.3) is 0 Å². The van der Waals surface area contributed by atoms with E-state index in [1.165, 1.54) is 161 Å². The summed E-state index contributed by atoms with van der Waals surface area (Å²) in [6, 6.07) is 0. The fourth-order valence-electron chi connectivity index (χ4n) is 7.16. The summed E-state index contributed by atoms with van der Waals surface area (Å²) >= 11 is 0. The van der Waals surface area contributed by atoms with E-state index in [0.29, 0.717) is 19.3 Å². The molecule has 0 saturated carbocycles. The van der Waals surface area contributed by atoms with Crippen LogP contribution in [-0.2, 0) is 28.6 Å². The van der Waals surface area contributed by atoms with Gasteiger partial charge in [-0.2, -0.15) is 0 Å². The van der Waals surface area contributed by atoms with Gasteiger partial charge in [0.25, 0.3) is 0 Å². The van der Waals surface area contributed by atoms with E-state index >= 15 is 0 Å². The summed E-state index contributed by atoms with van der Waals surface area (Å²) in [4.78, 5) is 37.7. The number of hydrogen-bond donors (Lipinski definition) is 0. The predicted octanol–water partition coefficient (Wildman–Crippen LogP) is 15.1. The van der Waals surface area contributed by atoms with Gasteiger partial charge in [-0.15, -0.1) is 0 Å². The molecular weight excluding hydrogens is 673 g/mol. The first-order valence-electron chi connectivity index (χ1n) is 23.9. The fraction of sp³-hybridized carbons (Fsp3) is 0.938. The van der Waals surface area contributed by atoms with Gasteiger partial charge in [0.15, 0.2) is 6.10 Å². The molecule has 0 aliphatic heterocycles. The van der Waals surface area contributed by atoms with E-state index in [0.717, 1.165) is 63.7 Å². The fourth-order valence-corrected chi connectivity index (χ4v) is 7.16. The Balaban J connectivity index is 4.26. The van der Waals surface area contributed by atoms with Crippen molar-refractivity contribution in [2.45, 2.75) is 271 Å². The lowest BCUT2D eigenvalue weighted by molar-refractivity contribution is -0.167. The zero-order chi connectivity index (χ0) is 39.6. The standard InChI is InChI=1S/C48H92O6/c1-5-7-9-11-13-15-17-18-19-20-21-22-23-25-27-33-37-41-48(51)54-45(43-53-47(50)40-36-32-29-28-30-34-38-44(3)4)42-52-46(49)39-35-31-26-24-16-14-12-10-8-6-2/h44-45H,5-43H2,1-4H3/t45-/m1/s1. The van der Waals surface area contributed by atoms with Crippen molar-refractivity contribution in [2.75, 3.05) is 13.2 Å². The normalized spacial score (nSPS) is 11.9. The third kappa shape index (κ3) is 41.6. The van der Waals surface area contributed by atoms with Crippen LogP contribution in [0.1, 0.15) is 265 Å². The van der Waals surface area contributed by atoms with Crippen molar-refractivity contribution in [3.8, 4) is 0 Å². The van der Waals surface area contributed by atoms with Gasteiger partial charge in [0, 0.05) is 19.3 Å². The number of carbonyl (C=O) groups excluding carboxylic acids is 3. The minimum absolute atomic E-state index is 0.0644. The molecule has 0 fully saturated rings. The van der Waals surface area contributed by atoms with Gasteiger partial charge in [-0.25, -0.2) is 0 Å². The van der Waals surface area contributed by atoms with Crippen LogP contribution in [0, 0.1) is 5.92 Å². The number of carbonyl (C=O) groups is 3. The molecule has 0 aromatic heterocycles. The zero-order valence-corrected chi connectivity index (χ0v) is 36.7. The predicted molar refractivity (Wildman–Crippen MR) is 229 cm³/mol. The van der Waals surface area contributed by atoms with Crippen molar-refractivity contribution in [1.82, 2.24) is 0 Å². The average molecular weight is 765 g/mol. The molecule has 0 aromatic rings. The summed E-state index contributed by atoms with van der Waals surface area (Å²) in [5, 5.41) is 0. The molecule has 0 bridgehead atoms. The molecule has 0 heterocycles. The molecule has 0 spiro atoms. The lowest BCUT2D eigenvalue weighted by atomic mass is 10.0. The number of esters is 3. The van der Waals surface area contributed by atoms with E-state index in [1.54, 1.807) is 0 Å². The van der Waals surface area contributed by atoms with E-state index in [-0.39, 0.29) is 31.1 Å². The Morgan fingerprint density at radius 2 is 0.611 bits per heavy atom. The second kappa shape index (κ2) is 42.6. The third-order valence-electron chi connectivity index (χ3n) is 10.8. The Labute approximate surface area is 336 Å². The highest BCUT2D eigenvalue weighted by atomic mass is 16.6. The Morgan fingerprint density at radius 3 is 0.907 bits per heavy atom. The van der Waals surface area contributed by atoms with Gasteiger partial charge in [0.05, 0.1) is 0 Å². The van der Waals surface area contributed by atoms with Gasteiger partial charge < -0.3 is 14.2 Å². The summed E-state index contributed by atoms with van der Waals surface area (Å²) in [5.74, 6) is -0.0935. The molecular formula is C48H92O6. The van der Waals surface area contributed by atoms with Gasteiger partial charge in [-0.05, 0) is 25.2 Å². The highest BCUT2D eigenvalue weighted by Crippen LogP contribution is 2.16. The van der Waals surface area contributed by atoms with Gasteiger partial charge in [-0.3, -0.25) is 14.4 Å². The SMILES string of the molecule is CCCCCCCCCCCCCCCCCCCC(=O)O[C@H](COC(=O)CCCCCCCCCCCC)COC(=O)CCCCCCCCC(C)C. The van der Waals surface area contributed by atoms with Crippen LogP contribution in [0.4, 0.5) is 0 Å². The van der Waals surface area contributed by atoms with Gasteiger partial charge in [-0.1, -0.05) is 227 Å². The Bertz CT molecular complexity index is 811. The highest BCUT2D eigenvalue weighted by Gasteiger charge is 2.19. The van der Waals surface area contributed by atoms with Crippen LogP contribution in [-0.4, -0.2) is 37.2 Å². The molecule has 0 saturated heterocycles. The molecule has 0 unspecified atom stereocenters. The van der Waals surface area contributed by atoms with Crippen molar-refractivity contribution in [1.29, 1.82) is 0 Å². The highest BCUT2D eigenvalue weighted by molar-refractivity contribution is 5.71. The molecule has 0 aromatic carbocycles. The van der Waals surface area contributed by atoms with Crippen molar-refractivity contribution in [3.63, 3.8) is 0 Å². The van der Waals surface area contributed by atoms with E-state index in [1.807, 2.05) is 0 Å². The van der Waals surface area contributed by atoms with Crippen LogP contribution >= 0.6 is 0 Å². The number of unbranched alkanes of at least 4 members (excludes halogenated alkanes) is 30. The smallest absolute Gasteiger partial charge is 0.306 e. The van der Waals surface area contributed by atoms with Gasteiger partial charge in [0.2, 0.25) is 0 Å². The van der Waals surface area contributed by atoms with Crippen LogP contribution in [0.15, 0.2) is 0 Å². The van der Waals surface area contributed by atoms with Crippen LogP contribution in [0.5, 0.6) is 0 Å². The molecule has 0 aliphatic rings. The minimum Gasteiger partial charge on any atom is -0.462 e. The molecule has 0 radical (unpaired) electrons. The van der Waals surface area contributed by atoms with Gasteiger partial charge in [0.1, 0.15) is 13.2 Å².